The third-order valence-corrected chi connectivity index (χ3v) is 3.54. The molecule has 0 aliphatic carbocycles. The molecule has 1 heterocycles. The maximum Gasteiger partial charge on any atom is 0.267 e. The van der Waals surface area contributed by atoms with Crippen molar-refractivity contribution in [2.24, 2.45) is 5.92 Å². The normalized spacial score (nSPS) is 21.9. The van der Waals surface area contributed by atoms with Gasteiger partial charge >= 0.3 is 0 Å². The Morgan fingerprint density at radius 2 is 2.26 bits per heavy atom. The van der Waals surface area contributed by atoms with Crippen LogP contribution in [-0.4, -0.2) is 35.8 Å². The van der Waals surface area contributed by atoms with Gasteiger partial charge in [0.25, 0.3) is 5.91 Å². The molecule has 6 nitrogen and oxygen atoms in total. The number of thioether (sulfide) groups is 1. The maximum atomic E-state index is 11.8. The number of nitrogens with one attached hydrogen (secondary N) is 2. The first-order valence-electron chi connectivity index (χ1n) is 5.69. The zero-order valence-corrected chi connectivity index (χ0v) is 11.1. The molecule has 0 radical (unpaired) electrons. The second kappa shape index (κ2) is 5.94. The lowest BCUT2D eigenvalue weighted by atomic mass is 10.1. The molecule has 1 aromatic rings. The van der Waals surface area contributed by atoms with Crippen LogP contribution in [0.15, 0.2) is 29.2 Å². The number of rotatable bonds is 4. The molecule has 0 aromatic heterocycles. The molecule has 0 saturated carbocycles. The van der Waals surface area contributed by atoms with Crippen molar-refractivity contribution in [3.8, 4) is 5.75 Å². The summed E-state index contributed by atoms with van der Waals surface area (Å²) < 4.78 is 0. The summed E-state index contributed by atoms with van der Waals surface area (Å²) in [6.07, 6.45) is 0.866. The number of β-amino-alcohol motifs (C(OH)–C–C–N with tert-alkyl or cyclic N) is 1. The van der Waals surface area contributed by atoms with Crippen molar-refractivity contribution in [2.75, 3.05) is 12.8 Å². The summed E-state index contributed by atoms with van der Waals surface area (Å²) in [5.74, 6) is -1.78. The molecule has 1 fully saturated rings. The lowest BCUT2D eigenvalue weighted by Crippen LogP contribution is -2.41. The standard InChI is InChI=1S/C12H14N2O4S/c1-19-9-5-3-2-4-8(9)18-14-12(17)10-7(15)6-13-11(10)16/h2-5,7,10,15H,6H2,1H3,(H,13,16)(H,14,17). The quantitative estimate of drug-likeness (QED) is 0.409. The smallest absolute Gasteiger partial charge is 0.267 e. The van der Waals surface area contributed by atoms with Gasteiger partial charge < -0.3 is 15.3 Å². The van der Waals surface area contributed by atoms with Crippen LogP contribution in [0.25, 0.3) is 0 Å². The fourth-order valence-corrected chi connectivity index (χ4v) is 2.30. The van der Waals surface area contributed by atoms with E-state index in [4.69, 9.17) is 4.84 Å². The van der Waals surface area contributed by atoms with Gasteiger partial charge in [-0.2, -0.15) is 5.48 Å². The van der Waals surface area contributed by atoms with Crippen LogP contribution in [0, 0.1) is 5.92 Å². The zero-order valence-electron chi connectivity index (χ0n) is 10.3. The fraction of sp³-hybridized carbons (Fsp3) is 0.333. The van der Waals surface area contributed by atoms with E-state index in [2.05, 4.69) is 10.8 Å². The Morgan fingerprint density at radius 1 is 1.53 bits per heavy atom. The molecule has 3 N–H and O–H groups in total. The van der Waals surface area contributed by atoms with Crippen molar-refractivity contribution in [1.82, 2.24) is 10.8 Å². The minimum Gasteiger partial charge on any atom is -0.390 e. The molecule has 2 rings (SSSR count). The number of hydroxylamine groups is 1. The number of aliphatic hydroxyl groups excluding tert-OH is 1. The van der Waals surface area contributed by atoms with Crippen molar-refractivity contribution in [1.29, 1.82) is 0 Å². The molecule has 1 aliphatic heterocycles. The van der Waals surface area contributed by atoms with Crippen LogP contribution in [0.3, 0.4) is 0 Å². The van der Waals surface area contributed by atoms with Gasteiger partial charge in [0.2, 0.25) is 5.91 Å². The predicted octanol–water partition coefficient (Wildman–Crippen LogP) is -0.0746. The molecule has 102 valence electrons. The highest BCUT2D eigenvalue weighted by Gasteiger charge is 2.39. The Hall–Kier alpha value is -1.73. The molecule has 1 aromatic carbocycles. The molecular formula is C12H14N2O4S. The minimum absolute atomic E-state index is 0.0817. The summed E-state index contributed by atoms with van der Waals surface area (Å²) >= 11 is 1.48. The third-order valence-electron chi connectivity index (χ3n) is 2.77. The second-order valence-corrected chi connectivity index (χ2v) is 4.86. The summed E-state index contributed by atoms with van der Waals surface area (Å²) in [6.45, 7) is 0.0817. The number of aliphatic hydroxyl groups is 1. The lowest BCUT2D eigenvalue weighted by molar-refractivity contribution is -0.140. The number of hydrogen-bond acceptors (Lipinski definition) is 5. The zero-order chi connectivity index (χ0) is 13.8. The van der Waals surface area contributed by atoms with E-state index in [0.29, 0.717) is 5.75 Å². The van der Waals surface area contributed by atoms with Gasteiger partial charge in [0, 0.05) is 6.54 Å². The van der Waals surface area contributed by atoms with Gasteiger partial charge in [-0.1, -0.05) is 12.1 Å². The minimum atomic E-state index is -1.12. The molecule has 19 heavy (non-hydrogen) atoms. The monoisotopic (exact) mass is 282 g/mol. The summed E-state index contributed by atoms with van der Waals surface area (Å²) in [4.78, 5) is 29.2. The molecule has 2 unspecified atom stereocenters. The van der Waals surface area contributed by atoms with Crippen molar-refractivity contribution < 1.29 is 19.5 Å². The number of hydrogen-bond donors (Lipinski definition) is 3. The average molecular weight is 282 g/mol. The van der Waals surface area contributed by atoms with E-state index in [1.54, 1.807) is 12.1 Å². The SMILES string of the molecule is CSc1ccccc1ONC(=O)C1C(=O)NCC1O. The van der Waals surface area contributed by atoms with Crippen LogP contribution in [0.5, 0.6) is 5.75 Å². The predicted molar refractivity (Wildman–Crippen MR) is 69.5 cm³/mol. The third kappa shape index (κ3) is 2.99. The summed E-state index contributed by atoms with van der Waals surface area (Å²) in [5, 5.41) is 11.9. The van der Waals surface area contributed by atoms with Crippen LogP contribution >= 0.6 is 11.8 Å². The van der Waals surface area contributed by atoms with Crippen molar-refractivity contribution >= 4 is 23.6 Å². The van der Waals surface area contributed by atoms with Gasteiger partial charge in [0.05, 0.1) is 11.0 Å². The van der Waals surface area contributed by atoms with Crippen LogP contribution in [0.4, 0.5) is 0 Å². The molecule has 2 amide bonds. The van der Waals surface area contributed by atoms with E-state index in [1.165, 1.54) is 11.8 Å². The van der Waals surface area contributed by atoms with Crippen LogP contribution in [0.2, 0.25) is 0 Å². The first-order chi connectivity index (χ1) is 9.13. The number of benzene rings is 1. The Kier molecular flexibility index (Phi) is 4.28. The molecular weight excluding hydrogens is 268 g/mol. The van der Waals surface area contributed by atoms with Gasteiger partial charge in [-0.15, -0.1) is 11.8 Å². The molecule has 0 bridgehead atoms. The first kappa shape index (κ1) is 13.7. The van der Waals surface area contributed by atoms with E-state index in [0.717, 1.165) is 4.90 Å². The maximum absolute atomic E-state index is 11.8. The highest BCUT2D eigenvalue weighted by molar-refractivity contribution is 7.98. The number of carbonyl (C=O) groups is 2. The highest BCUT2D eigenvalue weighted by Crippen LogP contribution is 2.26. The van der Waals surface area contributed by atoms with E-state index in [9.17, 15) is 14.7 Å². The largest absolute Gasteiger partial charge is 0.390 e. The van der Waals surface area contributed by atoms with Gasteiger partial charge in [-0.05, 0) is 18.4 Å². The Balaban J connectivity index is 1.98. The van der Waals surface area contributed by atoms with Gasteiger partial charge in [-0.25, -0.2) is 0 Å². The number of amides is 2. The molecule has 1 saturated heterocycles. The van der Waals surface area contributed by atoms with E-state index in [1.807, 2.05) is 18.4 Å². The van der Waals surface area contributed by atoms with Crippen molar-refractivity contribution in [3.63, 3.8) is 0 Å². The van der Waals surface area contributed by atoms with Crippen LogP contribution in [-0.2, 0) is 9.59 Å². The fourth-order valence-electron chi connectivity index (χ4n) is 1.77. The van der Waals surface area contributed by atoms with Crippen LogP contribution in [0.1, 0.15) is 0 Å². The topological polar surface area (TPSA) is 87.7 Å². The summed E-state index contributed by atoms with van der Waals surface area (Å²) in [6, 6.07) is 7.19. The van der Waals surface area contributed by atoms with Gasteiger partial charge in [0.1, 0.15) is 5.92 Å². The Bertz CT molecular complexity index is 494. The van der Waals surface area contributed by atoms with Gasteiger partial charge in [-0.3, -0.25) is 9.59 Å². The Morgan fingerprint density at radius 3 is 2.89 bits per heavy atom. The van der Waals surface area contributed by atoms with Crippen molar-refractivity contribution in [2.45, 2.75) is 11.0 Å². The van der Waals surface area contributed by atoms with Crippen LogP contribution < -0.4 is 15.6 Å². The molecule has 1 aliphatic rings. The second-order valence-electron chi connectivity index (χ2n) is 4.01. The number of para-hydroxylation sites is 1. The molecule has 7 heteroatoms. The molecule has 2 atom stereocenters. The molecule has 0 spiro atoms. The number of carbonyl (C=O) groups excluding carboxylic acids is 2. The van der Waals surface area contributed by atoms with Gasteiger partial charge in [0.15, 0.2) is 5.75 Å². The van der Waals surface area contributed by atoms with E-state index >= 15 is 0 Å². The van der Waals surface area contributed by atoms with Crippen molar-refractivity contribution in [3.05, 3.63) is 24.3 Å². The summed E-state index contributed by atoms with van der Waals surface area (Å²) in [5.41, 5.74) is 2.20. The van der Waals surface area contributed by atoms with E-state index in [-0.39, 0.29) is 6.54 Å². The van der Waals surface area contributed by atoms with E-state index < -0.39 is 23.8 Å². The lowest BCUT2D eigenvalue weighted by Gasteiger charge is -2.13. The average Bonchev–Trinajstić information content (AvgIpc) is 2.76. The summed E-state index contributed by atoms with van der Waals surface area (Å²) in [7, 11) is 0. The highest BCUT2D eigenvalue weighted by atomic mass is 32.2. The Labute approximate surface area is 114 Å². The first-order valence-corrected chi connectivity index (χ1v) is 6.91.